The molecule has 1 aliphatic rings. The molecule has 62 valence electrons. The van der Waals surface area contributed by atoms with E-state index >= 15 is 0 Å². The minimum Gasteiger partial charge on any atom is -0.393 e. The van der Waals surface area contributed by atoms with Crippen LogP contribution in [0.1, 0.15) is 25.7 Å². The normalized spacial score (nSPS) is 18.8. The van der Waals surface area contributed by atoms with Crippen LogP contribution in [0.25, 0.3) is 0 Å². The first-order chi connectivity index (χ1) is 4.63. The third-order valence-electron chi connectivity index (χ3n) is 1.32. The maximum absolute atomic E-state index is 9.56. The maximum Gasteiger partial charge on any atom is 0.0540 e. The quantitative estimate of drug-likeness (QED) is 0.578. The first kappa shape index (κ1) is 10.1. The van der Waals surface area contributed by atoms with Gasteiger partial charge in [0.25, 0.3) is 0 Å². The number of aliphatic hydroxyl groups is 1. The zero-order valence-corrected chi connectivity index (χ0v) is 7.49. The average molecular weight is 164 g/mol. The molecular formula is C7H16O2S. The highest BCUT2D eigenvalue weighted by molar-refractivity contribution is 7.83. The van der Waals surface area contributed by atoms with Crippen LogP contribution in [0.2, 0.25) is 0 Å². The van der Waals surface area contributed by atoms with Crippen LogP contribution in [0.5, 0.6) is 0 Å². The van der Waals surface area contributed by atoms with Crippen molar-refractivity contribution in [2.75, 3.05) is 12.5 Å². The van der Waals surface area contributed by atoms with Crippen LogP contribution >= 0.6 is 0 Å². The van der Waals surface area contributed by atoms with E-state index in [1.165, 1.54) is 12.8 Å². The summed E-state index contributed by atoms with van der Waals surface area (Å²) in [6.45, 7) is 0. The van der Waals surface area contributed by atoms with Gasteiger partial charge >= 0.3 is 0 Å². The molecule has 0 aromatic rings. The summed E-state index contributed by atoms with van der Waals surface area (Å²) in [7, 11) is -0.611. The van der Waals surface area contributed by atoms with Crippen LogP contribution in [-0.2, 0) is 10.8 Å². The third-order valence-corrected chi connectivity index (χ3v) is 1.32. The van der Waals surface area contributed by atoms with Crippen molar-refractivity contribution in [1.29, 1.82) is 0 Å². The molecule has 1 fully saturated rings. The van der Waals surface area contributed by atoms with E-state index in [4.69, 9.17) is 5.11 Å². The van der Waals surface area contributed by atoms with Gasteiger partial charge in [-0.05, 0) is 12.8 Å². The molecule has 0 atom stereocenters. The molecule has 0 bridgehead atoms. The molecule has 0 aromatic heterocycles. The Morgan fingerprint density at radius 1 is 1.30 bits per heavy atom. The minimum absolute atomic E-state index is 0.0463. The standard InChI is InChI=1S/C5H10O.C2H6OS/c6-5-3-1-2-4-5;1-4(2)3/h5-6H,1-4H2;1-2H3. The summed E-state index contributed by atoms with van der Waals surface area (Å²) in [5.41, 5.74) is 0. The fourth-order valence-electron chi connectivity index (χ4n) is 0.904. The zero-order valence-electron chi connectivity index (χ0n) is 6.67. The van der Waals surface area contributed by atoms with Gasteiger partial charge in [0, 0.05) is 23.3 Å². The lowest BCUT2D eigenvalue weighted by atomic mass is 10.3. The molecular weight excluding hydrogens is 148 g/mol. The summed E-state index contributed by atoms with van der Waals surface area (Å²) < 4.78 is 9.56. The van der Waals surface area contributed by atoms with Gasteiger partial charge in [-0.3, -0.25) is 4.21 Å². The minimum atomic E-state index is -0.611. The van der Waals surface area contributed by atoms with Crippen molar-refractivity contribution in [3.8, 4) is 0 Å². The van der Waals surface area contributed by atoms with E-state index in [2.05, 4.69) is 0 Å². The monoisotopic (exact) mass is 164 g/mol. The lowest BCUT2D eigenvalue weighted by Crippen LogP contribution is -1.94. The van der Waals surface area contributed by atoms with E-state index in [0.717, 1.165) is 12.8 Å². The zero-order chi connectivity index (χ0) is 7.98. The second kappa shape index (κ2) is 5.86. The van der Waals surface area contributed by atoms with Gasteiger partial charge in [0.1, 0.15) is 0 Å². The Labute approximate surface area is 65.1 Å². The van der Waals surface area contributed by atoms with E-state index in [1.54, 1.807) is 12.5 Å². The Morgan fingerprint density at radius 2 is 1.60 bits per heavy atom. The smallest absolute Gasteiger partial charge is 0.0540 e. The summed E-state index contributed by atoms with van der Waals surface area (Å²) in [6, 6.07) is 0. The van der Waals surface area contributed by atoms with E-state index in [-0.39, 0.29) is 6.10 Å². The Hall–Kier alpha value is 0.110. The van der Waals surface area contributed by atoms with E-state index in [9.17, 15) is 4.21 Å². The lowest BCUT2D eigenvalue weighted by molar-refractivity contribution is 0.183. The first-order valence-electron chi connectivity index (χ1n) is 3.56. The molecule has 0 aliphatic heterocycles. The predicted molar refractivity (Wildman–Crippen MR) is 44.5 cm³/mol. The number of rotatable bonds is 0. The van der Waals surface area contributed by atoms with Crippen LogP contribution in [-0.4, -0.2) is 27.9 Å². The number of hydrogen-bond donors (Lipinski definition) is 1. The molecule has 1 saturated carbocycles. The lowest BCUT2D eigenvalue weighted by Gasteiger charge is -1.91. The highest BCUT2D eigenvalue weighted by Crippen LogP contribution is 2.16. The van der Waals surface area contributed by atoms with Gasteiger partial charge in [-0.25, -0.2) is 0 Å². The van der Waals surface area contributed by atoms with Crippen LogP contribution in [0, 0.1) is 0 Å². The van der Waals surface area contributed by atoms with Crippen molar-refractivity contribution in [2.24, 2.45) is 0 Å². The molecule has 3 heteroatoms. The summed E-state index contributed by atoms with van der Waals surface area (Å²) >= 11 is 0. The first-order valence-corrected chi connectivity index (χ1v) is 5.52. The second-order valence-electron chi connectivity index (χ2n) is 2.68. The van der Waals surface area contributed by atoms with E-state index in [1.807, 2.05) is 0 Å². The molecule has 1 rings (SSSR count). The number of hydrogen-bond acceptors (Lipinski definition) is 2. The average Bonchev–Trinajstić information content (AvgIpc) is 2.15. The van der Waals surface area contributed by atoms with Crippen molar-refractivity contribution in [2.45, 2.75) is 31.8 Å². The SMILES string of the molecule is CS(C)=O.OC1CCCC1. The van der Waals surface area contributed by atoms with Gasteiger partial charge in [-0.2, -0.15) is 0 Å². The fourth-order valence-corrected chi connectivity index (χ4v) is 0.904. The highest BCUT2D eigenvalue weighted by Gasteiger charge is 2.09. The molecule has 0 heterocycles. The molecule has 0 saturated heterocycles. The van der Waals surface area contributed by atoms with Crippen molar-refractivity contribution < 1.29 is 9.32 Å². The van der Waals surface area contributed by atoms with E-state index in [0.29, 0.717) is 0 Å². The number of aliphatic hydroxyl groups excluding tert-OH is 1. The Morgan fingerprint density at radius 3 is 1.70 bits per heavy atom. The third kappa shape index (κ3) is 8.11. The van der Waals surface area contributed by atoms with E-state index < -0.39 is 10.8 Å². The Balaban J connectivity index is 0.000000180. The van der Waals surface area contributed by atoms with Gasteiger partial charge in [-0.15, -0.1) is 0 Å². The molecule has 10 heavy (non-hydrogen) atoms. The topological polar surface area (TPSA) is 37.3 Å². The van der Waals surface area contributed by atoms with Gasteiger partial charge in [0.05, 0.1) is 6.10 Å². The van der Waals surface area contributed by atoms with Gasteiger partial charge in [0.2, 0.25) is 0 Å². The molecule has 2 nitrogen and oxygen atoms in total. The molecule has 1 aliphatic carbocycles. The van der Waals surface area contributed by atoms with Gasteiger partial charge in [-0.1, -0.05) is 12.8 Å². The largest absolute Gasteiger partial charge is 0.393 e. The molecule has 1 N–H and O–H groups in total. The Bertz CT molecular complexity index is 93.8. The summed E-state index contributed by atoms with van der Waals surface area (Å²) in [6.07, 6.45) is 7.88. The van der Waals surface area contributed by atoms with Crippen LogP contribution in [0.15, 0.2) is 0 Å². The molecule has 0 unspecified atom stereocenters. The second-order valence-corrected chi connectivity index (χ2v) is 4.16. The van der Waals surface area contributed by atoms with Gasteiger partial charge in [0.15, 0.2) is 0 Å². The van der Waals surface area contributed by atoms with Crippen LogP contribution < -0.4 is 0 Å². The van der Waals surface area contributed by atoms with Crippen molar-refractivity contribution in [3.63, 3.8) is 0 Å². The fraction of sp³-hybridized carbons (Fsp3) is 1.00. The molecule has 0 amide bonds. The maximum atomic E-state index is 9.56. The van der Waals surface area contributed by atoms with Crippen molar-refractivity contribution in [3.05, 3.63) is 0 Å². The summed E-state index contributed by atoms with van der Waals surface area (Å²) in [5, 5.41) is 8.73. The van der Waals surface area contributed by atoms with Gasteiger partial charge < -0.3 is 5.11 Å². The highest BCUT2D eigenvalue weighted by atomic mass is 32.2. The predicted octanol–water partition coefficient (Wildman–Crippen LogP) is 0.916. The molecule has 0 spiro atoms. The Kier molecular flexibility index (Phi) is 5.93. The molecule has 0 aromatic carbocycles. The van der Waals surface area contributed by atoms with Crippen LogP contribution in [0.3, 0.4) is 0 Å². The van der Waals surface area contributed by atoms with Crippen molar-refractivity contribution >= 4 is 10.8 Å². The summed E-state index contributed by atoms with van der Waals surface area (Å²) in [4.78, 5) is 0. The van der Waals surface area contributed by atoms with Crippen molar-refractivity contribution in [1.82, 2.24) is 0 Å². The van der Waals surface area contributed by atoms with Crippen LogP contribution in [0.4, 0.5) is 0 Å². The summed E-state index contributed by atoms with van der Waals surface area (Å²) in [5.74, 6) is 0. The molecule has 0 radical (unpaired) electrons.